The molecule has 0 saturated carbocycles. The fourth-order valence-corrected chi connectivity index (χ4v) is 2.09. The van der Waals surface area contributed by atoms with Gasteiger partial charge in [0.15, 0.2) is 0 Å². The van der Waals surface area contributed by atoms with Gasteiger partial charge in [-0.15, -0.1) is 0 Å². The van der Waals surface area contributed by atoms with Crippen LogP contribution in [0.4, 0.5) is 18.9 Å². The van der Waals surface area contributed by atoms with Crippen LogP contribution >= 0.6 is 0 Å². The monoisotopic (exact) mass is 337 g/mol. The van der Waals surface area contributed by atoms with E-state index in [0.717, 1.165) is 18.2 Å². The summed E-state index contributed by atoms with van der Waals surface area (Å²) in [7, 11) is 0. The van der Waals surface area contributed by atoms with Gasteiger partial charge in [0.2, 0.25) is 0 Å². The highest BCUT2D eigenvalue weighted by atomic mass is 19.4. The van der Waals surface area contributed by atoms with E-state index in [1.807, 2.05) is 0 Å². The topological polar surface area (TPSA) is 50.9 Å². The van der Waals surface area contributed by atoms with Crippen molar-refractivity contribution in [2.24, 2.45) is 0 Å². The van der Waals surface area contributed by atoms with Gasteiger partial charge in [-0.05, 0) is 30.3 Å². The van der Waals surface area contributed by atoms with Crippen LogP contribution in [-0.4, -0.2) is 25.2 Å². The average molecular weight is 337 g/mol. The average Bonchev–Trinajstić information content (AvgIpc) is 3.37. The van der Waals surface area contributed by atoms with Crippen molar-refractivity contribution < 1.29 is 27.4 Å². The molecule has 3 rings (SSSR count). The van der Waals surface area contributed by atoms with Crippen LogP contribution in [0.25, 0.3) is 0 Å². The molecule has 0 bridgehead atoms. The fraction of sp³-hybridized carbons (Fsp3) is 0.235. The Balaban J connectivity index is 1.82. The predicted molar refractivity (Wildman–Crippen MR) is 81.1 cm³/mol. The van der Waals surface area contributed by atoms with Gasteiger partial charge in [0, 0.05) is 11.3 Å². The van der Waals surface area contributed by atoms with Crippen LogP contribution in [0.3, 0.4) is 0 Å². The Morgan fingerprint density at radius 2 is 1.92 bits per heavy atom. The number of halogens is 3. The zero-order chi connectivity index (χ0) is 17.2. The summed E-state index contributed by atoms with van der Waals surface area (Å²) in [6.45, 7) is 0.488. The molecule has 1 saturated heterocycles. The normalized spacial score (nSPS) is 16.5. The Morgan fingerprint density at radius 1 is 1.21 bits per heavy atom. The summed E-state index contributed by atoms with van der Waals surface area (Å²) < 4.78 is 49.3. The van der Waals surface area contributed by atoms with E-state index in [1.54, 1.807) is 30.3 Å². The smallest absolute Gasteiger partial charge is 0.419 e. The molecule has 0 spiro atoms. The molecule has 1 heterocycles. The fourth-order valence-electron chi connectivity index (χ4n) is 2.09. The van der Waals surface area contributed by atoms with E-state index in [0.29, 0.717) is 12.3 Å². The summed E-state index contributed by atoms with van der Waals surface area (Å²) in [5, 5.41) is 2.62. The number of amides is 1. The summed E-state index contributed by atoms with van der Waals surface area (Å²) in [4.78, 5) is 12.2. The SMILES string of the molecule is O=C(Nc1ccccc1)c1ccc(C(F)(F)F)c(OCC2CO2)c1. The summed E-state index contributed by atoms with van der Waals surface area (Å²) in [6, 6.07) is 11.7. The van der Waals surface area contributed by atoms with Crippen LogP contribution in [0.15, 0.2) is 48.5 Å². The Labute approximate surface area is 136 Å². The number of ether oxygens (including phenoxy) is 2. The van der Waals surface area contributed by atoms with Crippen molar-refractivity contribution in [3.8, 4) is 5.75 Å². The van der Waals surface area contributed by atoms with Crippen LogP contribution < -0.4 is 10.1 Å². The summed E-state index contributed by atoms with van der Waals surface area (Å²) in [6.07, 6.45) is -4.75. The van der Waals surface area contributed by atoms with Gasteiger partial charge in [-0.1, -0.05) is 18.2 Å². The summed E-state index contributed by atoms with van der Waals surface area (Å²) in [5.41, 5.74) is -0.283. The molecule has 1 unspecified atom stereocenters. The van der Waals surface area contributed by atoms with Gasteiger partial charge in [0.25, 0.3) is 5.91 Å². The third-order valence-electron chi connectivity index (χ3n) is 3.41. The lowest BCUT2D eigenvalue weighted by Crippen LogP contribution is -2.15. The van der Waals surface area contributed by atoms with Crippen LogP contribution in [0.5, 0.6) is 5.75 Å². The van der Waals surface area contributed by atoms with Gasteiger partial charge in [0.05, 0.1) is 12.2 Å². The maximum atomic E-state index is 13.1. The Kier molecular flexibility index (Phi) is 4.44. The van der Waals surface area contributed by atoms with Gasteiger partial charge >= 0.3 is 6.18 Å². The third kappa shape index (κ3) is 4.05. The molecule has 0 radical (unpaired) electrons. The number of carbonyl (C=O) groups is 1. The molecule has 24 heavy (non-hydrogen) atoms. The van der Waals surface area contributed by atoms with Crippen LogP contribution in [0, 0.1) is 0 Å². The van der Waals surface area contributed by atoms with Gasteiger partial charge in [-0.25, -0.2) is 0 Å². The number of para-hydroxylation sites is 1. The van der Waals surface area contributed by atoms with Crippen molar-refractivity contribution in [1.82, 2.24) is 0 Å². The molecule has 7 heteroatoms. The molecule has 1 N–H and O–H groups in total. The highest BCUT2D eigenvalue weighted by molar-refractivity contribution is 6.04. The minimum absolute atomic E-state index is 0.0207. The molecule has 2 aromatic carbocycles. The lowest BCUT2D eigenvalue weighted by Gasteiger charge is -2.15. The zero-order valence-electron chi connectivity index (χ0n) is 12.5. The maximum Gasteiger partial charge on any atom is 0.419 e. The molecule has 0 aliphatic carbocycles. The minimum Gasteiger partial charge on any atom is -0.490 e. The third-order valence-corrected chi connectivity index (χ3v) is 3.41. The first-order valence-electron chi connectivity index (χ1n) is 7.25. The highest BCUT2D eigenvalue weighted by Crippen LogP contribution is 2.37. The molecule has 0 aromatic heterocycles. The highest BCUT2D eigenvalue weighted by Gasteiger charge is 2.35. The first-order valence-corrected chi connectivity index (χ1v) is 7.25. The molecule has 1 aliphatic rings. The molecule has 1 fully saturated rings. The van der Waals surface area contributed by atoms with Crippen LogP contribution in [-0.2, 0) is 10.9 Å². The molecule has 1 amide bonds. The molecule has 4 nitrogen and oxygen atoms in total. The van der Waals surface area contributed by atoms with E-state index in [4.69, 9.17) is 9.47 Å². The van der Waals surface area contributed by atoms with Crippen molar-refractivity contribution in [3.63, 3.8) is 0 Å². The summed E-state index contributed by atoms with van der Waals surface area (Å²) >= 11 is 0. The molecule has 1 atom stereocenters. The first-order chi connectivity index (χ1) is 11.4. The summed E-state index contributed by atoms with van der Waals surface area (Å²) in [5.74, 6) is -0.888. The van der Waals surface area contributed by atoms with E-state index in [2.05, 4.69) is 5.32 Å². The second-order valence-electron chi connectivity index (χ2n) is 5.30. The van der Waals surface area contributed by atoms with Gasteiger partial charge in [0.1, 0.15) is 18.5 Å². The van der Waals surface area contributed by atoms with E-state index in [9.17, 15) is 18.0 Å². The molecular formula is C17H14F3NO3. The number of alkyl halides is 3. The Bertz CT molecular complexity index is 728. The van der Waals surface area contributed by atoms with Crippen molar-refractivity contribution in [3.05, 3.63) is 59.7 Å². The van der Waals surface area contributed by atoms with Crippen LogP contribution in [0.1, 0.15) is 15.9 Å². The second kappa shape index (κ2) is 6.52. The number of hydrogen-bond donors (Lipinski definition) is 1. The maximum absolute atomic E-state index is 13.1. The second-order valence-corrected chi connectivity index (χ2v) is 5.30. The van der Waals surface area contributed by atoms with E-state index >= 15 is 0 Å². The van der Waals surface area contributed by atoms with Gasteiger partial charge in [-0.2, -0.15) is 13.2 Å². The minimum atomic E-state index is -4.56. The van der Waals surface area contributed by atoms with Crippen LogP contribution in [0.2, 0.25) is 0 Å². The van der Waals surface area contributed by atoms with E-state index in [1.165, 1.54) is 0 Å². The van der Waals surface area contributed by atoms with Crippen molar-refractivity contribution in [1.29, 1.82) is 0 Å². The molecule has 2 aromatic rings. The number of rotatable bonds is 5. The molecule has 1 aliphatic heterocycles. The van der Waals surface area contributed by atoms with E-state index in [-0.39, 0.29) is 24.0 Å². The van der Waals surface area contributed by atoms with Gasteiger partial charge < -0.3 is 14.8 Å². The number of carbonyl (C=O) groups excluding carboxylic acids is 1. The van der Waals surface area contributed by atoms with Crippen molar-refractivity contribution in [2.45, 2.75) is 12.3 Å². The van der Waals surface area contributed by atoms with Gasteiger partial charge in [-0.3, -0.25) is 4.79 Å². The predicted octanol–water partition coefficient (Wildman–Crippen LogP) is 3.74. The number of hydrogen-bond acceptors (Lipinski definition) is 3. The Morgan fingerprint density at radius 3 is 2.54 bits per heavy atom. The first kappa shape index (κ1) is 16.3. The number of anilines is 1. The number of nitrogens with one attached hydrogen (secondary N) is 1. The lowest BCUT2D eigenvalue weighted by atomic mass is 10.1. The molecular weight excluding hydrogens is 323 g/mol. The zero-order valence-corrected chi connectivity index (χ0v) is 12.5. The Hall–Kier alpha value is -2.54. The number of epoxide rings is 1. The van der Waals surface area contributed by atoms with Crippen molar-refractivity contribution >= 4 is 11.6 Å². The number of benzene rings is 2. The lowest BCUT2D eigenvalue weighted by molar-refractivity contribution is -0.139. The largest absolute Gasteiger partial charge is 0.490 e. The van der Waals surface area contributed by atoms with E-state index < -0.39 is 17.6 Å². The quantitative estimate of drug-likeness (QED) is 0.846. The molecule has 126 valence electrons. The standard InChI is InChI=1S/C17H14F3NO3/c18-17(19,20)14-7-6-11(8-15(14)24-10-13-9-23-13)16(22)21-12-4-2-1-3-5-12/h1-8,13H,9-10H2,(H,21,22). The van der Waals surface area contributed by atoms with Crippen molar-refractivity contribution in [2.75, 3.05) is 18.5 Å².